The molecule has 31 heavy (non-hydrogen) atoms. The van der Waals surface area contributed by atoms with E-state index in [1.54, 1.807) is 5.57 Å². The van der Waals surface area contributed by atoms with Crippen LogP contribution >= 0.6 is 0 Å². The van der Waals surface area contributed by atoms with Gasteiger partial charge < -0.3 is 5.11 Å². The Morgan fingerprint density at radius 2 is 1.55 bits per heavy atom. The molecular weight excluding hydrogens is 376 g/mol. The van der Waals surface area contributed by atoms with Gasteiger partial charge in [0.15, 0.2) is 0 Å². The van der Waals surface area contributed by atoms with E-state index < -0.39 is 0 Å². The highest BCUT2D eigenvalue weighted by atomic mass is 16.3. The molecule has 1 heteroatoms. The van der Waals surface area contributed by atoms with Crippen molar-refractivity contribution in [2.45, 2.75) is 119 Å². The van der Waals surface area contributed by atoms with Crippen molar-refractivity contribution < 1.29 is 5.11 Å². The van der Waals surface area contributed by atoms with E-state index in [0.29, 0.717) is 45.3 Å². The van der Waals surface area contributed by atoms with Crippen LogP contribution in [0.2, 0.25) is 0 Å². The lowest BCUT2D eigenvalue weighted by Gasteiger charge is -2.74. The van der Waals surface area contributed by atoms with Crippen molar-refractivity contribution in [3.8, 4) is 0 Å². The highest BCUT2D eigenvalue weighted by molar-refractivity contribution is 5.23. The van der Waals surface area contributed by atoms with Crippen LogP contribution < -0.4 is 0 Å². The molecule has 1 nitrogen and oxygen atoms in total. The average Bonchev–Trinajstić information content (AvgIpc) is 2.67. The molecular formula is C30H50O. The Hall–Kier alpha value is -0.300. The fraction of sp³-hybridized carbons (Fsp3) is 0.933. The summed E-state index contributed by atoms with van der Waals surface area (Å²) in [5.74, 6) is 3.21. The molecule has 0 aromatic rings. The van der Waals surface area contributed by atoms with Gasteiger partial charge in [0.25, 0.3) is 0 Å². The van der Waals surface area contributed by atoms with Crippen molar-refractivity contribution in [3.05, 3.63) is 11.6 Å². The second-order valence-electron chi connectivity index (χ2n) is 14.8. The number of aliphatic hydroxyl groups is 1. The fourth-order valence-corrected chi connectivity index (χ4v) is 11.3. The van der Waals surface area contributed by atoms with E-state index in [1.807, 2.05) is 0 Å². The van der Waals surface area contributed by atoms with Crippen molar-refractivity contribution in [2.75, 3.05) is 0 Å². The largest absolute Gasteiger partial charge is 0.393 e. The van der Waals surface area contributed by atoms with Crippen molar-refractivity contribution in [3.63, 3.8) is 0 Å². The van der Waals surface area contributed by atoms with Gasteiger partial charge in [-0.2, -0.15) is 0 Å². The van der Waals surface area contributed by atoms with Crippen molar-refractivity contribution in [1.82, 2.24) is 0 Å². The lowest BCUT2D eigenvalue weighted by atomic mass is 9.31. The molecule has 0 aromatic carbocycles. The van der Waals surface area contributed by atoms with Gasteiger partial charge in [-0.15, -0.1) is 0 Å². The first kappa shape index (κ1) is 22.5. The SMILES string of the molecule is CC1=CC[C@]2(C)CC[C@]3(C)[C@@H]([C@@H]2[C@H]1C)[C@H](O)C[C@@H]1[C@@]2(C)CCCC(C)(C)[C@H]2CC[C@]13C. The van der Waals surface area contributed by atoms with Crippen molar-refractivity contribution in [2.24, 2.45) is 56.7 Å². The highest BCUT2D eigenvalue weighted by Crippen LogP contribution is 2.76. The van der Waals surface area contributed by atoms with Crippen LogP contribution in [-0.4, -0.2) is 11.2 Å². The van der Waals surface area contributed by atoms with Gasteiger partial charge in [-0.25, -0.2) is 0 Å². The summed E-state index contributed by atoms with van der Waals surface area (Å²) in [4.78, 5) is 0. The molecule has 0 amide bonds. The zero-order chi connectivity index (χ0) is 22.6. The van der Waals surface area contributed by atoms with E-state index in [9.17, 15) is 5.11 Å². The molecule has 0 radical (unpaired) electrons. The normalized spacial score (nSPS) is 58.3. The Balaban J connectivity index is 1.59. The Bertz CT molecular complexity index is 779. The quantitative estimate of drug-likeness (QED) is 0.389. The van der Waals surface area contributed by atoms with Gasteiger partial charge >= 0.3 is 0 Å². The average molecular weight is 427 g/mol. The summed E-state index contributed by atoms with van der Waals surface area (Å²) in [6.07, 6.45) is 14.3. The lowest BCUT2D eigenvalue weighted by molar-refractivity contribution is -0.268. The molecule has 0 aromatic heterocycles. The van der Waals surface area contributed by atoms with Crippen LogP contribution in [0.3, 0.4) is 0 Å². The van der Waals surface area contributed by atoms with Gasteiger partial charge in [-0.1, -0.05) is 66.5 Å². The maximum Gasteiger partial charge on any atom is 0.0579 e. The molecule has 0 unspecified atom stereocenters. The van der Waals surface area contributed by atoms with Gasteiger partial charge in [-0.3, -0.25) is 0 Å². The zero-order valence-corrected chi connectivity index (χ0v) is 21.9. The second kappa shape index (κ2) is 6.64. The van der Waals surface area contributed by atoms with Gasteiger partial charge in [-0.05, 0) is 115 Å². The molecule has 5 aliphatic carbocycles. The summed E-state index contributed by atoms with van der Waals surface area (Å²) in [6.45, 7) is 20.5. The van der Waals surface area contributed by atoms with E-state index in [0.717, 1.165) is 12.3 Å². The standard InChI is InChI=1S/C30H50O/c1-19-10-14-27(5)16-17-30(8)25(24(27)20(19)2)21(31)18-23-28(6)13-9-12-26(3,4)22(28)11-15-29(23,30)7/h10,20-25,31H,9,11-18H2,1-8H3/t20-,21+,22+,23+,24-,25+,27+,28-,29+,30+/m0/s1. The van der Waals surface area contributed by atoms with Crippen LogP contribution in [0.5, 0.6) is 0 Å². The van der Waals surface area contributed by atoms with Gasteiger partial charge in [0.1, 0.15) is 0 Å². The van der Waals surface area contributed by atoms with Crippen LogP contribution in [-0.2, 0) is 0 Å². The number of fused-ring (bicyclic) bond motifs is 7. The lowest BCUT2D eigenvalue weighted by Crippen LogP contribution is -2.69. The van der Waals surface area contributed by atoms with Gasteiger partial charge in [0.05, 0.1) is 6.10 Å². The van der Waals surface area contributed by atoms with E-state index in [1.165, 1.54) is 51.4 Å². The molecule has 4 fully saturated rings. The van der Waals surface area contributed by atoms with Crippen LogP contribution in [0.25, 0.3) is 0 Å². The third kappa shape index (κ3) is 2.71. The highest BCUT2D eigenvalue weighted by Gasteiger charge is 2.70. The summed E-state index contributed by atoms with van der Waals surface area (Å²) in [6, 6.07) is 0. The number of hydrogen-bond acceptors (Lipinski definition) is 1. The molecule has 0 aliphatic heterocycles. The van der Waals surface area contributed by atoms with Crippen molar-refractivity contribution in [1.29, 1.82) is 0 Å². The first-order valence-electron chi connectivity index (χ1n) is 13.6. The Morgan fingerprint density at radius 3 is 2.26 bits per heavy atom. The first-order chi connectivity index (χ1) is 14.3. The number of hydrogen-bond donors (Lipinski definition) is 1. The molecule has 5 aliphatic rings. The summed E-state index contributed by atoms with van der Waals surface area (Å²) >= 11 is 0. The molecule has 10 atom stereocenters. The van der Waals surface area contributed by atoms with Crippen LogP contribution in [0, 0.1) is 56.7 Å². The van der Waals surface area contributed by atoms with E-state index in [-0.39, 0.29) is 11.5 Å². The molecule has 0 saturated heterocycles. The summed E-state index contributed by atoms with van der Waals surface area (Å²) in [5, 5.41) is 12.0. The maximum atomic E-state index is 12.0. The second-order valence-corrected chi connectivity index (χ2v) is 14.8. The molecule has 4 saturated carbocycles. The van der Waals surface area contributed by atoms with Crippen molar-refractivity contribution >= 4 is 0 Å². The molecule has 176 valence electrons. The minimum absolute atomic E-state index is 0.123. The third-order valence-electron chi connectivity index (χ3n) is 13.3. The van der Waals surface area contributed by atoms with E-state index >= 15 is 0 Å². The predicted octanol–water partition coefficient (Wildman–Crippen LogP) is 8.02. The van der Waals surface area contributed by atoms with E-state index in [2.05, 4.69) is 61.5 Å². The van der Waals surface area contributed by atoms with Gasteiger partial charge in [0.2, 0.25) is 0 Å². The van der Waals surface area contributed by atoms with Gasteiger partial charge in [0, 0.05) is 0 Å². The zero-order valence-electron chi connectivity index (χ0n) is 21.9. The molecule has 5 rings (SSSR count). The first-order valence-corrected chi connectivity index (χ1v) is 13.6. The van der Waals surface area contributed by atoms with E-state index in [4.69, 9.17) is 0 Å². The summed E-state index contributed by atoms with van der Waals surface area (Å²) in [7, 11) is 0. The fourth-order valence-electron chi connectivity index (χ4n) is 11.3. The van der Waals surface area contributed by atoms with Crippen LogP contribution in [0.4, 0.5) is 0 Å². The molecule has 0 bridgehead atoms. The maximum absolute atomic E-state index is 12.0. The molecule has 0 heterocycles. The number of allylic oxidation sites excluding steroid dienone is 2. The third-order valence-corrected chi connectivity index (χ3v) is 13.3. The minimum Gasteiger partial charge on any atom is -0.393 e. The monoisotopic (exact) mass is 426 g/mol. The summed E-state index contributed by atoms with van der Waals surface area (Å²) in [5.41, 5.74) is 3.45. The smallest absolute Gasteiger partial charge is 0.0579 e. The predicted molar refractivity (Wildman–Crippen MR) is 131 cm³/mol. The molecule has 1 N–H and O–H groups in total. The Morgan fingerprint density at radius 1 is 0.839 bits per heavy atom. The number of rotatable bonds is 0. The summed E-state index contributed by atoms with van der Waals surface area (Å²) < 4.78 is 0. The Labute approximate surface area is 192 Å². The molecule has 0 spiro atoms. The van der Waals surface area contributed by atoms with Crippen LogP contribution in [0.15, 0.2) is 11.6 Å². The van der Waals surface area contributed by atoms with Crippen LogP contribution in [0.1, 0.15) is 113 Å². The minimum atomic E-state index is -0.123. The Kier molecular flexibility index (Phi) is 4.82. The topological polar surface area (TPSA) is 20.2 Å². The number of aliphatic hydroxyl groups excluding tert-OH is 1.